The molecule has 0 spiro atoms. The van der Waals surface area contributed by atoms with Crippen LogP contribution in [0.15, 0.2) is 60.3 Å². The van der Waals surface area contributed by atoms with Crippen molar-refractivity contribution in [1.29, 1.82) is 0 Å². The Morgan fingerprint density at radius 1 is 0.974 bits per heavy atom. The average Bonchev–Trinajstić information content (AvgIpc) is 3.23. The van der Waals surface area contributed by atoms with E-state index in [1.54, 1.807) is 24.3 Å². The van der Waals surface area contributed by atoms with Crippen molar-refractivity contribution < 1.29 is 39.1 Å². The number of carbonyl (C=O) groups is 1. The molecule has 10 unspecified atom stereocenters. The Morgan fingerprint density at radius 2 is 1.79 bits per heavy atom. The number of esters is 1. The molecular weight excluding hydrogens is 488 g/mol. The zero-order chi connectivity index (χ0) is 27.2. The van der Waals surface area contributed by atoms with Crippen molar-refractivity contribution >= 4 is 5.97 Å². The molecule has 4 aliphatic heterocycles. The van der Waals surface area contributed by atoms with Crippen molar-refractivity contribution in [2.24, 2.45) is 5.92 Å². The third-order valence-corrected chi connectivity index (χ3v) is 7.53. The van der Waals surface area contributed by atoms with Crippen molar-refractivity contribution in [3.63, 3.8) is 0 Å². The fourth-order valence-electron chi connectivity index (χ4n) is 5.73. The molecule has 0 radical (unpaired) electrons. The highest BCUT2D eigenvalue weighted by atomic mass is 16.6. The molecule has 4 aliphatic rings. The van der Waals surface area contributed by atoms with Crippen LogP contribution in [0.2, 0.25) is 0 Å². The highest BCUT2D eigenvalue weighted by molar-refractivity contribution is 5.82. The molecule has 1 fully saturated rings. The maximum Gasteiger partial charge on any atom is 0.330 e. The molecule has 8 heteroatoms. The monoisotopic (exact) mass is 530 g/mol. The van der Waals surface area contributed by atoms with Gasteiger partial charge in [-0.1, -0.05) is 55.0 Å². The van der Waals surface area contributed by atoms with Gasteiger partial charge in [-0.15, -0.1) is 0 Å². The highest BCUT2D eigenvalue weighted by Crippen LogP contribution is 2.31. The van der Waals surface area contributed by atoms with Gasteiger partial charge in [0.2, 0.25) is 0 Å². The molecule has 3 N–H and O–H groups in total. The van der Waals surface area contributed by atoms with Crippen LogP contribution in [0.25, 0.3) is 0 Å². The lowest BCUT2D eigenvalue weighted by molar-refractivity contribution is -0.144. The zero-order valence-corrected chi connectivity index (χ0v) is 22.4. The lowest BCUT2D eigenvalue weighted by Gasteiger charge is -2.28. The predicted molar refractivity (Wildman–Crippen MR) is 142 cm³/mol. The maximum atomic E-state index is 12.7. The highest BCUT2D eigenvalue weighted by Gasteiger charge is 2.42. The smallest absolute Gasteiger partial charge is 0.330 e. The summed E-state index contributed by atoms with van der Waals surface area (Å²) in [6, 6.07) is 0. The minimum absolute atomic E-state index is 0.0906. The van der Waals surface area contributed by atoms with E-state index >= 15 is 0 Å². The van der Waals surface area contributed by atoms with Gasteiger partial charge in [-0.25, -0.2) is 4.79 Å². The lowest BCUT2D eigenvalue weighted by Crippen LogP contribution is -2.37. The molecule has 0 aromatic carbocycles. The minimum atomic E-state index is -1.17. The summed E-state index contributed by atoms with van der Waals surface area (Å²) >= 11 is 0. The van der Waals surface area contributed by atoms with Crippen molar-refractivity contribution in [2.75, 3.05) is 0 Å². The van der Waals surface area contributed by atoms with Crippen LogP contribution in [-0.4, -0.2) is 76.4 Å². The summed E-state index contributed by atoms with van der Waals surface area (Å²) in [6.45, 7) is 8.21. The summed E-state index contributed by atoms with van der Waals surface area (Å²) in [5.41, 5.74) is 1.88. The van der Waals surface area contributed by atoms with Crippen molar-refractivity contribution in [1.82, 2.24) is 0 Å². The molecule has 0 amide bonds. The third-order valence-electron chi connectivity index (χ3n) is 7.53. The van der Waals surface area contributed by atoms with Crippen LogP contribution >= 0.6 is 0 Å². The van der Waals surface area contributed by atoms with Crippen LogP contribution < -0.4 is 0 Å². The third kappa shape index (κ3) is 8.21. The second kappa shape index (κ2) is 13.3. The number of aliphatic hydroxyl groups is 3. The van der Waals surface area contributed by atoms with Gasteiger partial charge < -0.3 is 34.3 Å². The van der Waals surface area contributed by atoms with Crippen LogP contribution in [0.1, 0.15) is 58.8 Å². The predicted octanol–water partition coefficient (Wildman–Crippen LogP) is 3.42. The van der Waals surface area contributed by atoms with Gasteiger partial charge in [0.1, 0.15) is 18.3 Å². The Labute approximate surface area is 225 Å². The van der Waals surface area contributed by atoms with Gasteiger partial charge in [0, 0.05) is 12.5 Å². The number of carbonyl (C=O) groups excluding carboxylic acids is 1. The second-order valence-electron chi connectivity index (χ2n) is 11.2. The number of fused-ring (bicyclic) bond motifs is 4. The molecule has 38 heavy (non-hydrogen) atoms. The van der Waals surface area contributed by atoms with Gasteiger partial charge in [-0.05, 0) is 57.4 Å². The normalized spacial score (nSPS) is 41.4. The Kier molecular flexibility index (Phi) is 10.1. The molecule has 0 aromatic heterocycles. The van der Waals surface area contributed by atoms with Crippen molar-refractivity contribution in [3.05, 3.63) is 60.3 Å². The quantitative estimate of drug-likeness (QED) is 0.368. The Morgan fingerprint density at radius 3 is 2.58 bits per heavy atom. The summed E-state index contributed by atoms with van der Waals surface area (Å²) < 4.78 is 23.6. The molecule has 4 bridgehead atoms. The summed E-state index contributed by atoms with van der Waals surface area (Å²) in [6.07, 6.45) is 11.1. The molecule has 4 rings (SSSR count). The van der Waals surface area contributed by atoms with E-state index in [1.165, 1.54) is 6.08 Å². The first kappa shape index (κ1) is 28.9. The van der Waals surface area contributed by atoms with Crippen LogP contribution in [-0.2, 0) is 23.7 Å². The molecule has 10 atom stereocenters. The van der Waals surface area contributed by atoms with E-state index in [0.717, 1.165) is 30.4 Å². The molecule has 1 saturated heterocycles. The van der Waals surface area contributed by atoms with Gasteiger partial charge in [0.25, 0.3) is 0 Å². The van der Waals surface area contributed by atoms with Crippen molar-refractivity contribution in [2.45, 2.75) is 114 Å². The van der Waals surface area contributed by atoms with E-state index in [0.29, 0.717) is 18.8 Å². The number of rotatable bonds is 2. The molecule has 0 aromatic rings. The average molecular weight is 531 g/mol. The Hall–Kier alpha value is -2.07. The SMILES string of the molecule is C=C1CC(C)CC2CC=CC(CC=CC(=O)OC3CC(OC3C=CC3CC(C)=CC(O)O3)C(O)C(O)C1)O2. The van der Waals surface area contributed by atoms with Gasteiger partial charge in [0.05, 0.1) is 30.5 Å². The molecule has 8 nitrogen and oxygen atoms in total. The van der Waals surface area contributed by atoms with Crippen LogP contribution in [0, 0.1) is 5.92 Å². The number of hydrogen-bond acceptors (Lipinski definition) is 8. The van der Waals surface area contributed by atoms with Gasteiger partial charge in [0.15, 0.2) is 6.29 Å². The van der Waals surface area contributed by atoms with E-state index in [1.807, 2.05) is 13.0 Å². The van der Waals surface area contributed by atoms with Crippen molar-refractivity contribution in [3.8, 4) is 0 Å². The standard InChI is InChI=1S/C30H42O8/c1-18-12-19(2)15-24(31)30(34)27-17-26(25(37-27)11-10-23-14-20(3)16-29(33)36-23)38-28(32)9-5-7-21-6-4-8-22(13-18)35-21/h4-6,9-11,16,18,21-27,29-31,33-34H,2,7-8,12-15,17H2,1,3H3. The summed E-state index contributed by atoms with van der Waals surface area (Å²) in [5, 5.41) is 31.6. The van der Waals surface area contributed by atoms with Gasteiger partial charge in [-0.3, -0.25) is 0 Å². The summed E-state index contributed by atoms with van der Waals surface area (Å²) in [5.74, 6) is -0.190. The molecule has 210 valence electrons. The number of hydrogen-bond donors (Lipinski definition) is 3. The van der Waals surface area contributed by atoms with Crippen LogP contribution in [0.5, 0.6) is 0 Å². The fraction of sp³-hybridized carbons (Fsp3) is 0.633. The van der Waals surface area contributed by atoms with Gasteiger partial charge in [-0.2, -0.15) is 0 Å². The van der Waals surface area contributed by atoms with E-state index in [9.17, 15) is 20.1 Å². The van der Waals surface area contributed by atoms with E-state index in [-0.39, 0.29) is 31.2 Å². The van der Waals surface area contributed by atoms with E-state index in [4.69, 9.17) is 18.9 Å². The zero-order valence-electron chi connectivity index (χ0n) is 22.4. The van der Waals surface area contributed by atoms with Gasteiger partial charge >= 0.3 is 5.97 Å². The molecule has 0 saturated carbocycles. The van der Waals surface area contributed by atoms with E-state index < -0.39 is 42.8 Å². The first-order chi connectivity index (χ1) is 18.2. The summed E-state index contributed by atoms with van der Waals surface area (Å²) in [7, 11) is 0. The molecule has 4 heterocycles. The first-order valence-corrected chi connectivity index (χ1v) is 13.7. The fourth-order valence-corrected chi connectivity index (χ4v) is 5.73. The Bertz CT molecular complexity index is 952. The van der Waals surface area contributed by atoms with Crippen LogP contribution in [0.3, 0.4) is 0 Å². The van der Waals surface area contributed by atoms with Crippen LogP contribution in [0.4, 0.5) is 0 Å². The number of ether oxygens (including phenoxy) is 4. The second-order valence-corrected chi connectivity index (χ2v) is 11.2. The topological polar surface area (TPSA) is 115 Å². The molecular formula is C30H42O8. The number of aliphatic hydroxyl groups excluding tert-OH is 3. The summed E-state index contributed by atoms with van der Waals surface area (Å²) in [4.78, 5) is 12.7. The minimum Gasteiger partial charge on any atom is -0.456 e. The van der Waals surface area contributed by atoms with E-state index in [2.05, 4.69) is 19.6 Å². The largest absolute Gasteiger partial charge is 0.456 e. The molecule has 0 aliphatic carbocycles. The Balaban J connectivity index is 1.49. The lowest BCUT2D eigenvalue weighted by atomic mass is 9.90. The maximum absolute atomic E-state index is 12.7. The first-order valence-electron chi connectivity index (χ1n) is 13.7.